The molecule has 3 aromatic rings. The fraction of sp³-hybridized carbons (Fsp3) is 0.400. The lowest BCUT2D eigenvalue weighted by Gasteiger charge is -2.43. The Morgan fingerprint density at radius 3 is 1.31 bits per heavy atom. The number of rotatable bonds is 7. The Bertz CT molecular complexity index is 1770. The van der Waals surface area contributed by atoms with Crippen LogP contribution in [-0.4, -0.2) is 81.4 Å². The monoisotopic (exact) mass is 676 g/mol. The maximum absolute atomic E-state index is 14.2. The molecule has 0 bridgehead atoms. The predicted molar refractivity (Wildman–Crippen MR) is 168 cm³/mol. The second-order valence-corrected chi connectivity index (χ2v) is 17.2. The van der Waals surface area contributed by atoms with Crippen LogP contribution in [-0.2, 0) is 30.1 Å². The van der Waals surface area contributed by atoms with E-state index in [9.17, 15) is 35.4 Å². The topological polar surface area (TPSA) is 155 Å². The van der Waals surface area contributed by atoms with Crippen molar-refractivity contribution in [1.29, 1.82) is 0 Å². The third kappa shape index (κ3) is 6.69. The highest BCUT2D eigenvalue weighted by atomic mass is 32.2. The molecule has 1 aliphatic carbocycles. The normalized spacial score (nSPS) is 21.3. The fourth-order valence-corrected chi connectivity index (χ4v) is 10.8. The van der Waals surface area contributed by atoms with Crippen molar-refractivity contribution >= 4 is 35.8 Å². The number of nitrogens with zero attached hydrogens (tertiary/aromatic N) is 4. The molecule has 0 aromatic heterocycles. The molecule has 1 saturated heterocycles. The standard InChI is InChI=1S/C30H36N4O8S3/c1-23-7-13-27(14-8-23)44(39,40)32-21-19-31(43(37,38)26-17-11-25(12-18-26)34(35)36)20-22-33(30-6-4-3-5-29(30)32)45(41,42)28-15-9-24(2)10-16-28/h7-18,29-30H,3-6,19-22H2,1-2H3/t29-,30-/m1/s1. The average Bonchev–Trinajstić information content (AvgIpc) is 3.10. The Hall–Kier alpha value is -3.21. The van der Waals surface area contributed by atoms with Gasteiger partial charge < -0.3 is 0 Å². The minimum atomic E-state index is -4.30. The number of hydrogen-bond acceptors (Lipinski definition) is 8. The summed E-state index contributed by atoms with van der Waals surface area (Å²) in [5.74, 6) is 0. The van der Waals surface area contributed by atoms with E-state index in [0.29, 0.717) is 25.7 Å². The average molecular weight is 677 g/mol. The number of aryl methyl sites for hydroxylation is 2. The molecule has 3 aromatic carbocycles. The molecule has 0 amide bonds. The van der Waals surface area contributed by atoms with Crippen molar-refractivity contribution in [2.75, 3.05) is 26.2 Å². The molecule has 0 spiro atoms. The lowest BCUT2D eigenvalue weighted by atomic mass is 9.90. The molecular weight excluding hydrogens is 641 g/mol. The van der Waals surface area contributed by atoms with Crippen molar-refractivity contribution in [2.24, 2.45) is 0 Å². The molecule has 15 heteroatoms. The van der Waals surface area contributed by atoms with Crippen molar-refractivity contribution < 1.29 is 30.2 Å². The van der Waals surface area contributed by atoms with Gasteiger partial charge in [-0.2, -0.15) is 12.9 Å². The van der Waals surface area contributed by atoms with E-state index in [1.807, 2.05) is 13.8 Å². The summed E-state index contributed by atoms with van der Waals surface area (Å²) >= 11 is 0. The first-order chi connectivity index (χ1) is 21.2. The van der Waals surface area contributed by atoms with Crippen LogP contribution in [0.3, 0.4) is 0 Å². The van der Waals surface area contributed by atoms with Gasteiger partial charge in [0.05, 0.1) is 19.6 Å². The number of benzene rings is 3. The molecule has 1 heterocycles. The minimum absolute atomic E-state index is 0.0365. The number of non-ortho nitro benzene ring substituents is 1. The number of hydrogen-bond donors (Lipinski definition) is 0. The molecule has 1 aliphatic heterocycles. The number of nitro benzene ring substituents is 1. The summed E-state index contributed by atoms with van der Waals surface area (Å²) in [5.41, 5.74) is 1.45. The van der Waals surface area contributed by atoms with Gasteiger partial charge in [0.25, 0.3) is 5.69 Å². The molecule has 2 fully saturated rings. The van der Waals surface area contributed by atoms with Crippen LogP contribution in [0.1, 0.15) is 36.8 Å². The Labute approximate surface area is 264 Å². The zero-order chi connectivity index (χ0) is 32.6. The smallest absolute Gasteiger partial charge is 0.258 e. The largest absolute Gasteiger partial charge is 0.269 e. The van der Waals surface area contributed by atoms with Crippen LogP contribution in [0.2, 0.25) is 0 Å². The SMILES string of the molecule is Cc1ccc(S(=O)(=O)N2CCN(S(=O)(=O)c3ccc([N+](=O)[O-])cc3)CCN(S(=O)(=O)c3ccc(C)cc3)[C@@H]3CCCC[C@H]32)cc1. The molecule has 5 rings (SSSR count). The van der Waals surface area contributed by atoms with Crippen LogP contribution in [0.4, 0.5) is 5.69 Å². The third-order valence-corrected chi connectivity index (χ3v) is 14.3. The van der Waals surface area contributed by atoms with Gasteiger partial charge in [0.15, 0.2) is 0 Å². The van der Waals surface area contributed by atoms with E-state index in [1.54, 1.807) is 24.3 Å². The van der Waals surface area contributed by atoms with Gasteiger partial charge in [-0.05, 0) is 63.1 Å². The first-order valence-electron chi connectivity index (χ1n) is 14.6. The molecule has 0 unspecified atom stereocenters. The van der Waals surface area contributed by atoms with Crippen LogP contribution in [0.15, 0.2) is 87.5 Å². The summed E-state index contributed by atoms with van der Waals surface area (Å²) < 4.78 is 88.4. The highest BCUT2D eigenvalue weighted by Gasteiger charge is 2.45. The number of fused-ring (bicyclic) bond motifs is 1. The van der Waals surface area contributed by atoms with Gasteiger partial charge in [-0.3, -0.25) is 10.1 Å². The van der Waals surface area contributed by atoms with Crippen molar-refractivity contribution in [3.8, 4) is 0 Å². The van der Waals surface area contributed by atoms with Gasteiger partial charge in [-0.1, -0.05) is 48.2 Å². The van der Waals surface area contributed by atoms with Crippen LogP contribution >= 0.6 is 0 Å². The van der Waals surface area contributed by atoms with Crippen molar-refractivity contribution in [3.63, 3.8) is 0 Å². The molecule has 45 heavy (non-hydrogen) atoms. The summed E-state index contributed by atoms with van der Waals surface area (Å²) in [4.78, 5) is 10.4. The van der Waals surface area contributed by atoms with Crippen LogP contribution < -0.4 is 0 Å². The number of sulfonamides is 3. The molecule has 242 valence electrons. The van der Waals surface area contributed by atoms with Gasteiger partial charge in [0.2, 0.25) is 30.1 Å². The van der Waals surface area contributed by atoms with E-state index in [-0.39, 0.29) is 46.6 Å². The summed E-state index contributed by atoms with van der Waals surface area (Å²) in [6, 6.07) is 15.7. The van der Waals surface area contributed by atoms with Crippen LogP contribution in [0.25, 0.3) is 0 Å². The Morgan fingerprint density at radius 1 is 0.578 bits per heavy atom. The maximum Gasteiger partial charge on any atom is 0.269 e. The van der Waals surface area contributed by atoms with Gasteiger partial charge in [-0.25, -0.2) is 25.3 Å². The van der Waals surface area contributed by atoms with Crippen LogP contribution in [0, 0.1) is 24.0 Å². The van der Waals surface area contributed by atoms with Crippen molar-refractivity contribution in [2.45, 2.75) is 66.3 Å². The molecule has 0 N–H and O–H groups in total. The summed E-state index contributed by atoms with van der Waals surface area (Å²) in [6.45, 7) is 2.77. The Balaban J connectivity index is 1.63. The molecule has 12 nitrogen and oxygen atoms in total. The summed E-state index contributed by atoms with van der Waals surface area (Å²) in [6.07, 6.45) is 2.18. The Kier molecular flexibility index (Phi) is 9.50. The van der Waals surface area contributed by atoms with E-state index >= 15 is 0 Å². The maximum atomic E-state index is 14.2. The molecule has 1 saturated carbocycles. The molecular formula is C30H36N4O8S3. The fourth-order valence-electron chi connectivity index (χ4n) is 6.04. The Morgan fingerprint density at radius 2 is 0.933 bits per heavy atom. The first-order valence-corrected chi connectivity index (χ1v) is 19.0. The summed E-state index contributed by atoms with van der Waals surface area (Å²) in [5, 5.41) is 11.2. The quantitative estimate of drug-likeness (QED) is 0.270. The van der Waals surface area contributed by atoms with Crippen LogP contribution in [0.5, 0.6) is 0 Å². The molecule has 2 aliphatic rings. The zero-order valence-electron chi connectivity index (χ0n) is 25.0. The third-order valence-electron chi connectivity index (χ3n) is 8.51. The lowest BCUT2D eigenvalue weighted by Crippen LogP contribution is -2.56. The van der Waals surface area contributed by atoms with Gasteiger partial charge in [-0.15, -0.1) is 0 Å². The predicted octanol–water partition coefficient (Wildman–Crippen LogP) is 3.91. The van der Waals surface area contributed by atoms with E-state index in [1.165, 1.54) is 32.9 Å². The van der Waals surface area contributed by atoms with Gasteiger partial charge in [0.1, 0.15) is 0 Å². The highest BCUT2D eigenvalue weighted by molar-refractivity contribution is 7.90. The summed E-state index contributed by atoms with van der Waals surface area (Å²) in [7, 11) is -12.7. The van der Waals surface area contributed by atoms with Crippen molar-refractivity contribution in [1.82, 2.24) is 12.9 Å². The van der Waals surface area contributed by atoms with E-state index in [4.69, 9.17) is 0 Å². The lowest BCUT2D eigenvalue weighted by molar-refractivity contribution is -0.384. The van der Waals surface area contributed by atoms with Gasteiger partial charge >= 0.3 is 0 Å². The number of nitro groups is 1. The second-order valence-electron chi connectivity index (χ2n) is 11.4. The zero-order valence-corrected chi connectivity index (χ0v) is 27.5. The first kappa shape index (κ1) is 33.2. The molecule has 0 radical (unpaired) electrons. The van der Waals surface area contributed by atoms with E-state index < -0.39 is 47.1 Å². The molecule has 2 atom stereocenters. The highest BCUT2D eigenvalue weighted by Crippen LogP contribution is 2.35. The van der Waals surface area contributed by atoms with E-state index in [0.717, 1.165) is 39.7 Å². The minimum Gasteiger partial charge on any atom is -0.258 e. The van der Waals surface area contributed by atoms with Gasteiger partial charge in [0, 0.05) is 50.4 Å². The van der Waals surface area contributed by atoms with E-state index in [2.05, 4.69) is 0 Å². The van der Waals surface area contributed by atoms with Crippen molar-refractivity contribution in [3.05, 3.63) is 94.0 Å². The second kappa shape index (κ2) is 12.9.